The summed E-state index contributed by atoms with van der Waals surface area (Å²) in [5.41, 5.74) is 1.88. The lowest BCUT2D eigenvalue weighted by Gasteiger charge is -2.42. The van der Waals surface area contributed by atoms with E-state index in [9.17, 15) is 9.59 Å². The quantitative estimate of drug-likeness (QED) is 0.806. The Labute approximate surface area is 168 Å². The minimum atomic E-state index is 0.164. The normalized spacial score (nSPS) is 24.5. The van der Waals surface area contributed by atoms with Gasteiger partial charge in [0.05, 0.1) is 5.92 Å². The molecule has 0 radical (unpaired) electrons. The van der Waals surface area contributed by atoms with Crippen LogP contribution in [0.1, 0.15) is 54.4 Å². The van der Waals surface area contributed by atoms with Gasteiger partial charge in [0.2, 0.25) is 5.91 Å². The molecule has 3 heterocycles. The van der Waals surface area contributed by atoms with Gasteiger partial charge in [-0.2, -0.15) is 0 Å². The number of hydrogen-bond acceptors (Lipinski definition) is 3. The van der Waals surface area contributed by atoms with Crippen molar-refractivity contribution in [2.24, 2.45) is 5.92 Å². The SMILES string of the molecule is Cc1ccccc1C(=O)N1CCC(N2CCC[C@H](C(=O)N3CCCC3)C2)CC1. The van der Waals surface area contributed by atoms with Gasteiger partial charge in [-0.25, -0.2) is 0 Å². The minimum Gasteiger partial charge on any atom is -0.342 e. The summed E-state index contributed by atoms with van der Waals surface area (Å²) in [6.07, 6.45) is 6.51. The molecule has 4 rings (SSSR count). The molecule has 0 N–H and O–H groups in total. The van der Waals surface area contributed by atoms with Gasteiger partial charge in [-0.3, -0.25) is 14.5 Å². The van der Waals surface area contributed by atoms with Crippen LogP contribution < -0.4 is 0 Å². The molecule has 0 aliphatic carbocycles. The molecule has 1 aromatic carbocycles. The smallest absolute Gasteiger partial charge is 0.254 e. The summed E-state index contributed by atoms with van der Waals surface area (Å²) in [5, 5.41) is 0. The Kier molecular flexibility index (Phi) is 6.00. The first-order chi connectivity index (χ1) is 13.6. The van der Waals surface area contributed by atoms with E-state index in [1.54, 1.807) is 0 Å². The zero-order valence-electron chi connectivity index (χ0n) is 17.1. The molecule has 0 bridgehead atoms. The van der Waals surface area contributed by atoms with Crippen molar-refractivity contribution in [3.8, 4) is 0 Å². The van der Waals surface area contributed by atoms with Gasteiger partial charge in [-0.15, -0.1) is 0 Å². The Morgan fingerprint density at radius 1 is 0.857 bits per heavy atom. The zero-order chi connectivity index (χ0) is 19.5. The molecular formula is C23H33N3O2. The van der Waals surface area contributed by atoms with E-state index in [0.717, 1.165) is 88.9 Å². The number of nitrogens with zero attached hydrogens (tertiary/aromatic N) is 3. The molecule has 3 fully saturated rings. The monoisotopic (exact) mass is 383 g/mol. The summed E-state index contributed by atoms with van der Waals surface area (Å²) < 4.78 is 0. The van der Waals surface area contributed by atoms with Crippen LogP contribution in [0.3, 0.4) is 0 Å². The van der Waals surface area contributed by atoms with E-state index in [0.29, 0.717) is 11.9 Å². The van der Waals surface area contributed by atoms with E-state index in [4.69, 9.17) is 0 Å². The van der Waals surface area contributed by atoms with Crippen LogP contribution in [0, 0.1) is 12.8 Å². The van der Waals surface area contributed by atoms with Crippen LogP contribution in [0.2, 0.25) is 0 Å². The second kappa shape index (κ2) is 8.64. The molecular weight excluding hydrogens is 350 g/mol. The Morgan fingerprint density at radius 2 is 1.57 bits per heavy atom. The molecule has 5 heteroatoms. The molecule has 2 amide bonds. The number of hydrogen-bond donors (Lipinski definition) is 0. The van der Waals surface area contributed by atoms with E-state index in [-0.39, 0.29) is 11.8 Å². The lowest BCUT2D eigenvalue weighted by molar-refractivity contribution is -0.136. The standard InChI is InChI=1S/C23H33N3O2/c1-18-7-2-3-9-21(18)23(28)25-15-10-20(11-16-25)26-14-6-8-19(17-26)22(27)24-12-4-5-13-24/h2-3,7,9,19-20H,4-6,8,10-17H2,1H3/t19-/m0/s1. The maximum atomic E-state index is 12.9. The highest BCUT2D eigenvalue weighted by atomic mass is 16.2. The highest BCUT2D eigenvalue weighted by Gasteiger charge is 2.34. The van der Waals surface area contributed by atoms with E-state index in [2.05, 4.69) is 9.80 Å². The number of piperidine rings is 2. The second-order valence-electron chi connectivity index (χ2n) is 8.70. The molecule has 152 valence electrons. The summed E-state index contributed by atoms with van der Waals surface area (Å²) in [7, 11) is 0. The Bertz CT molecular complexity index is 706. The van der Waals surface area contributed by atoms with Gasteiger partial charge in [-0.1, -0.05) is 18.2 Å². The fourth-order valence-corrected chi connectivity index (χ4v) is 5.15. The van der Waals surface area contributed by atoms with Gasteiger partial charge in [0.25, 0.3) is 5.91 Å². The highest BCUT2D eigenvalue weighted by Crippen LogP contribution is 2.27. The van der Waals surface area contributed by atoms with Crippen LogP contribution in [-0.2, 0) is 4.79 Å². The number of amides is 2. The van der Waals surface area contributed by atoms with E-state index >= 15 is 0 Å². The van der Waals surface area contributed by atoms with Crippen LogP contribution in [0.5, 0.6) is 0 Å². The van der Waals surface area contributed by atoms with E-state index < -0.39 is 0 Å². The molecule has 0 saturated carbocycles. The van der Waals surface area contributed by atoms with Crippen LogP contribution in [0.15, 0.2) is 24.3 Å². The van der Waals surface area contributed by atoms with Gasteiger partial charge in [-0.05, 0) is 63.6 Å². The summed E-state index contributed by atoms with van der Waals surface area (Å²) in [5.74, 6) is 0.727. The Balaban J connectivity index is 1.31. The summed E-state index contributed by atoms with van der Waals surface area (Å²) >= 11 is 0. The summed E-state index contributed by atoms with van der Waals surface area (Å²) in [6, 6.07) is 8.37. The fraction of sp³-hybridized carbons (Fsp3) is 0.652. The number of carbonyl (C=O) groups is 2. The van der Waals surface area contributed by atoms with Crippen molar-refractivity contribution >= 4 is 11.8 Å². The topological polar surface area (TPSA) is 43.9 Å². The lowest BCUT2D eigenvalue weighted by atomic mass is 9.92. The highest BCUT2D eigenvalue weighted by molar-refractivity contribution is 5.95. The maximum absolute atomic E-state index is 12.9. The van der Waals surface area contributed by atoms with Crippen LogP contribution in [0.4, 0.5) is 0 Å². The third kappa shape index (κ3) is 4.09. The average molecular weight is 384 g/mol. The number of rotatable bonds is 3. The lowest BCUT2D eigenvalue weighted by Crippen LogP contribution is -2.51. The predicted molar refractivity (Wildman–Crippen MR) is 110 cm³/mol. The Hall–Kier alpha value is -1.88. The molecule has 3 aliphatic heterocycles. The first-order valence-corrected chi connectivity index (χ1v) is 11.0. The third-order valence-corrected chi connectivity index (χ3v) is 6.86. The van der Waals surface area contributed by atoms with Gasteiger partial charge < -0.3 is 9.80 Å². The molecule has 1 atom stereocenters. The number of benzene rings is 1. The molecule has 1 aromatic rings. The largest absolute Gasteiger partial charge is 0.342 e. The zero-order valence-corrected chi connectivity index (χ0v) is 17.1. The maximum Gasteiger partial charge on any atom is 0.254 e. The fourth-order valence-electron chi connectivity index (χ4n) is 5.15. The van der Waals surface area contributed by atoms with Crippen molar-refractivity contribution in [1.29, 1.82) is 0 Å². The molecule has 0 spiro atoms. The summed E-state index contributed by atoms with van der Waals surface area (Å²) in [6.45, 7) is 7.55. The second-order valence-corrected chi connectivity index (χ2v) is 8.70. The van der Waals surface area contributed by atoms with Crippen molar-refractivity contribution in [1.82, 2.24) is 14.7 Å². The molecule has 0 aromatic heterocycles. The first kappa shape index (κ1) is 19.4. The third-order valence-electron chi connectivity index (χ3n) is 6.86. The van der Waals surface area contributed by atoms with E-state index in [1.165, 1.54) is 0 Å². The van der Waals surface area contributed by atoms with Gasteiger partial charge in [0, 0.05) is 44.3 Å². The predicted octanol–water partition coefficient (Wildman–Crippen LogP) is 2.93. The number of aryl methyl sites for hydroxylation is 1. The summed E-state index contributed by atoms with van der Waals surface area (Å²) in [4.78, 5) is 32.3. The number of likely N-dealkylation sites (tertiary alicyclic amines) is 3. The molecule has 0 unspecified atom stereocenters. The number of carbonyl (C=O) groups excluding carboxylic acids is 2. The van der Waals surface area contributed by atoms with Crippen molar-refractivity contribution < 1.29 is 9.59 Å². The van der Waals surface area contributed by atoms with Crippen LogP contribution in [0.25, 0.3) is 0 Å². The van der Waals surface area contributed by atoms with E-state index in [1.807, 2.05) is 36.1 Å². The van der Waals surface area contributed by atoms with Crippen LogP contribution >= 0.6 is 0 Å². The van der Waals surface area contributed by atoms with Crippen molar-refractivity contribution in [2.45, 2.75) is 51.5 Å². The molecule has 28 heavy (non-hydrogen) atoms. The minimum absolute atomic E-state index is 0.164. The first-order valence-electron chi connectivity index (χ1n) is 11.0. The molecule has 3 saturated heterocycles. The van der Waals surface area contributed by atoms with Gasteiger partial charge in [0.15, 0.2) is 0 Å². The molecule has 3 aliphatic rings. The van der Waals surface area contributed by atoms with Gasteiger partial charge in [0.1, 0.15) is 0 Å². The van der Waals surface area contributed by atoms with Gasteiger partial charge >= 0.3 is 0 Å². The van der Waals surface area contributed by atoms with Crippen molar-refractivity contribution in [3.05, 3.63) is 35.4 Å². The van der Waals surface area contributed by atoms with Crippen molar-refractivity contribution in [2.75, 3.05) is 39.3 Å². The average Bonchev–Trinajstić information content (AvgIpc) is 3.28. The molecule has 5 nitrogen and oxygen atoms in total. The van der Waals surface area contributed by atoms with Crippen LogP contribution in [-0.4, -0.2) is 71.8 Å². The Morgan fingerprint density at radius 3 is 2.29 bits per heavy atom. The van der Waals surface area contributed by atoms with Crippen molar-refractivity contribution in [3.63, 3.8) is 0 Å².